The molecule has 2 amide bonds. The minimum Gasteiger partial charge on any atom is -0.497 e. The van der Waals surface area contributed by atoms with Crippen LogP contribution >= 0.6 is 0 Å². The molecule has 2 aliphatic rings. The van der Waals surface area contributed by atoms with Crippen molar-refractivity contribution in [2.45, 2.75) is 12.1 Å². The summed E-state index contributed by atoms with van der Waals surface area (Å²) in [5.41, 5.74) is 2.00. The van der Waals surface area contributed by atoms with Gasteiger partial charge in [0.1, 0.15) is 23.5 Å². The number of nitrogens with zero attached hydrogens (tertiary/aromatic N) is 2. The summed E-state index contributed by atoms with van der Waals surface area (Å²) in [6.45, 7) is 0. The lowest BCUT2D eigenvalue weighted by Gasteiger charge is -2.30. The number of fused-ring (bicyclic) bond motifs is 2. The molecule has 36 heavy (non-hydrogen) atoms. The van der Waals surface area contributed by atoms with Crippen LogP contribution in [0.4, 0.5) is 11.4 Å². The second-order valence-corrected chi connectivity index (χ2v) is 8.78. The smallest absolute Gasteiger partial charge is 0.266 e. The number of carbonyl (C=O) groups is 2. The van der Waals surface area contributed by atoms with Crippen LogP contribution in [0.1, 0.15) is 11.6 Å². The van der Waals surface area contributed by atoms with E-state index >= 15 is 0 Å². The zero-order valence-corrected chi connectivity index (χ0v) is 19.8. The lowest BCUT2D eigenvalue weighted by molar-refractivity contribution is -0.126. The molecule has 0 N–H and O–H groups in total. The molecule has 7 nitrogen and oxygen atoms in total. The Balaban J connectivity index is 1.50. The number of anilines is 2. The molecular weight excluding hydrogens is 456 g/mol. The predicted molar refractivity (Wildman–Crippen MR) is 136 cm³/mol. The van der Waals surface area contributed by atoms with Crippen molar-refractivity contribution >= 4 is 34.0 Å². The minimum absolute atomic E-state index is 0.311. The number of imide groups is 1. The van der Waals surface area contributed by atoms with Crippen LogP contribution in [0.5, 0.6) is 11.5 Å². The number of ether oxygens (including phenoxy) is 2. The van der Waals surface area contributed by atoms with E-state index in [2.05, 4.69) is 0 Å². The van der Waals surface area contributed by atoms with E-state index in [-0.39, 0.29) is 11.8 Å². The molecule has 2 aliphatic heterocycles. The summed E-state index contributed by atoms with van der Waals surface area (Å²) in [6.07, 6.45) is -0.974. The van der Waals surface area contributed by atoms with Crippen LogP contribution in [0.15, 0.2) is 91.0 Å². The highest BCUT2D eigenvalue weighted by atomic mass is 16.7. The SMILES string of the molecule is COc1ccc(OC)c([C@H]2[C@@H]3C(=O)N(c4cccc5ccccc45)C(=O)[C@@H]3ON2c2ccccc2)c1. The fourth-order valence-electron chi connectivity index (χ4n) is 5.24. The van der Waals surface area contributed by atoms with Gasteiger partial charge in [-0.15, -0.1) is 0 Å². The van der Waals surface area contributed by atoms with Gasteiger partial charge in [-0.3, -0.25) is 14.4 Å². The van der Waals surface area contributed by atoms with Crippen molar-refractivity contribution in [1.29, 1.82) is 0 Å². The zero-order chi connectivity index (χ0) is 24.8. The summed E-state index contributed by atoms with van der Waals surface area (Å²) in [4.78, 5) is 35.4. The van der Waals surface area contributed by atoms with Crippen LogP contribution in [0, 0.1) is 5.92 Å². The Morgan fingerprint density at radius 3 is 2.31 bits per heavy atom. The van der Waals surface area contributed by atoms with E-state index in [0.717, 1.165) is 16.5 Å². The fourth-order valence-corrected chi connectivity index (χ4v) is 5.24. The molecule has 0 unspecified atom stereocenters. The molecule has 0 radical (unpaired) electrons. The number of methoxy groups -OCH3 is 2. The molecule has 0 bridgehead atoms. The summed E-state index contributed by atoms with van der Waals surface area (Å²) < 4.78 is 11.1. The van der Waals surface area contributed by atoms with Gasteiger partial charge in [-0.05, 0) is 41.8 Å². The van der Waals surface area contributed by atoms with Crippen LogP contribution in [-0.2, 0) is 14.4 Å². The first-order chi connectivity index (χ1) is 17.6. The van der Waals surface area contributed by atoms with Crippen molar-refractivity contribution in [2.24, 2.45) is 5.92 Å². The largest absolute Gasteiger partial charge is 0.497 e. The van der Waals surface area contributed by atoms with Gasteiger partial charge < -0.3 is 9.47 Å². The summed E-state index contributed by atoms with van der Waals surface area (Å²) in [7, 11) is 3.16. The van der Waals surface area contributed by atoms with Crippen molar-refractivity contribution < 1.29 is 23.9 Å². The van der Waals surface area contributed by atoms with Crippen molar-refractivity contribution in [3.63, 3.8) is 0 Å². The number of hydrogen-bond donors (Lipinski definition) is 0. The predicted octanol–water partition coefficient (Wildman–Crippen LogP) is 4.91. The van der Waals surface area contributed by atoms with Gasteiger partial charge in [0.2, 0.25) is 5.91 Å². The molecule has 7 heteroatoms. The van der Waals surface area contributed by atoms with Gasteiger partial charge in [0.15, 0.2) is 6.10 Å². The van der Waals surface area contributed by atoms with Crippen molar-refractivity contribution in [3.05, 3.63) is 96.6 Å². The van der Waals surface area contributed by atoms with Crippen LogP contribution < -0.4 is 19.4 Å². The van der Waals surface area contributed by atoms with E-state index in [1.54, 1.807) is 37.5 Å². The van der Waals surface area contributed by atoms with E-state index in [1.165, 1.54) is 4.90 Å². The average Bonchev–Trinajstić information content (AvgIpc) is 3.44. The Morgan fingerprint density at radius 2 is 1.53 bits per heavy atom. The van der Waals surface area contributed by atoms with E-state index < -0.39 is 18.1 Å². The summed E-state index contributed by atoms with van der Waals surface area (Å²) >= 11 is 0. The van der Waals surface area contributed by atoms with Gasteiger partial charge in [0.25, 0.3) is 5.91 Å². The maximum Gasteiger partial charge on any atom is 0.266 e. The Labute approximate surface area is 208 Å². The van der Waals surface area contributed by atoms with Crippen LogP contribution in [-0.4, -0.2) is 32.1 Å². The number of amides is 2. The second kappa shape index (κ2) is 8.70. The molecule has 4 aromatic rings. The Kier molecular flexibility index (Phi) is 5.34. The van der Waals surface area contributed by atoms with Gasteiger partial charge in [0, 0.05) is 10.9 Å². The zero-order valence-electron chi connectivity index (χ0n) is 19.8. The number of benzene rings is 4. The van der Waals surface area contributed by atoms with E-state index in [4.69, 9.17) is 14.3 Å². The highest BCUT2D eigenvalue weighted by molar-refractivity contribution is 6.26. The monoisotopic (exact) mass is 480 g/mol. The quantitative estimate of drug-likeness (QED) is 0.378. The molecule has 4 aromatic carbocycles. The van der Waals surface area contributed by atoms with E-state index in [1.807, 2.05) is 72.8 Å². The number of hydrogen-bond acceptors (Lipinski definition) is 6. The lowest BCUT2D eigenvalue weighted by Crippen LogP contribution is -2.37. The molecule has 0 spiro atoms. The molecular formula is C29H24N2O5. The van der Waals surface area contributed by atoms with Gasteiger partial charge in [-0.25, -0.2) is 9.96 Å². The first kappa shape index (κ1) is 22.1. The molecule has 180 valence electrons. The second-order valence-electron chi connectivity index (χ2n) is 8.78. The maximum absolute atomic E-state index is 14.1. The molecule has 2 fully saturated rings. The molecule has 0 aromatic heterocycles. The van der Waals surface area contributed by atoms with E-state index in [9.17, 15) is 9.59 Å². The first-order valence-electron chi connectivity index (χ1n) is 11.7. The number of carbonyl (C=O) groups excluding carboxylic acids is 2. The van der Waals surface area contributed by atoms with E-state index in [0.29, 0.717) is 22.7 Å². The number of para-hydroxylation sites is 1. The Bertz CT molecular complexity index is 1470. The fraction of sp³-hybridized carbons (Fsp3) is 0.172. The molecule has 3 atom stereocenters. The molecule has 2 heterocycles. The third kappa shape index (κ3) is 3.31. The van der Waals surface area contributed by atoms with Crippen LogP contribution in [0.25, 0.3) is 10.8 Å². The van der Waals surface area contributed by atoms with Crippen LogP contribution in [0.3, 0.4) is 0 Å². The number of hydroxylamine groups is 1. The third-order valence-corrected chi connectivity index (χ3v) is 6.89. The van der Waals surface area contributed by atoms with Crippen LogP contribution in [0.2, 0.25) is 0 Å². The molecule has 6 rings (SSSR count). The normalized spacial score (nSPS) is 21.2. The number of rotatable bonds is 5. The average molecular weight is 481 g/mol. The van der Waals surface area contributed by atoms with Crippen molar-refractivity contribution in [3.8, 4) is 11.5 Å². The third-order valence-electron chi connectivity index (χ3n) is 6.89. The summed E-state index contributed by atoms with van der Waals surface area (Å²) in [6, 6.07) is 27.6. The van der Waals surface area contributed by atoms with Gasteiger partial charge in [0.05, 0.1) is 25.6 Å². The summed E-state index contributed by atoms with van der Waals surface area (Å²) in [5.74, 6) is -0.279. The minimum atomic E-state index is -0.974. The van der Waals surface area contributed by atoms with Gasteiger partial charge in [-0.2, -0.15) is 0 Å². The lowest BCUT2D eigenvalue weighted by atomic mass is 9.89. The van der Waals surface area contributed by atoms with Gasteiger partial charge >= 0.3 is 0 Å². The maximum atomic E-state index is 14.1. The molecule has 0 saturated carbocycles. The molecule has 2 saturated heterocycles. The Hall–Kier alpha value is -4.36. The van der Waals surface area contributed by atoms with Crippen molar-refractivity contribution in [2.75, 3.05) is 24.2 Å². The Morgan fingerprint density at radius 1 is 0.778 bits per heavy atom. The first-order valence-corrected chi connectivity index (χ1v) is 11.7. The highest BCUT2D eigenvalue weighted by Crippen LogP contribution is 2.50. The van der Waals surface area contributed by atoms with Gasteiger partial charge in [-0.1, -0.05) is 54.6 Å². The summed E-state index contributed by atoms with van der Waals surface area (Å²) in [5, 5.41) is 3.44. The standard InChI is InChI=1S/C29H24N2O5/c1-34-20-15-16-24(35-2)22(17-20)26-25-27(36-31(26)19-11-4-3-5-12-19)29(33)30(28(25)32)23-14-8-10-18-9-6-7-13-21(18)23/h3-17,25-27H,1-2H3/t25-,26-,27+/m0/s1. The highest BCUT2D eigenvalue weighted by Gasteiger charge is 2.61. The van der Waals surface area contributed by atoms with Crippen molar-refractivity contribution in [1.82, 2.24) is 0 Å². The topological polar surface area (TPSA) is 68.3 Å². The molecule has 0 aliphatic carbocycles.